The maximum absolute atomic E-state index is 13.5. The van der Waals surface area contributed by atoms with E-state index >= 15 is 0 Å². The van der Waals surface area contributed by atoms with Crippen LogP contribution in [0.25, 0.3) is 0 Å². The summed E-state index contributed by atoms with van der Waals surface area (Å²) in [5.74, 6) is 0.708. The number of carbonyl (C=O) groups is 1. The minimum atomic E-state index is -3.66. The van der Waals surface area contributed by atoms with Crippen LogP contribution in [-0.2, 0) is 10.0 Å². The SMILES string of the molecule is O=C(c1ccccn1)N1CC[C@@H]2Oc3ccccc3S(=O)(=O)N(CC3CC3)[C@H]2CC1. The van der Waals surface area contributed by atoms with Gasteiger partial charge in [-0.3, -0.25) is 9.78 Å². The summed E-state index contributed by atoms with van der Waals surface area (Å²) in [5, 5.41) is 0. The summed E-state index contributed by atoms with van der Waals surface area (Å²) in [6.07, 6.45) is 4.58. The number of amides is 1. The van der Waals surface area contributed by atoms with Gasteiger partial charge in [0.25, 0.3) is 5.91 Å². The van der Waals surface area contributed by atoms with Crippen LogP contribution in [0.15, 0.2) is 53.6 Å². The minimum absolute atomic E-state index is 0.121. The fraction of sp³-hybridized carbons (Fsp3) is 0.455. The smallest absolute Gasteiger partial charge is 0.272 e. The van der Waals surface area contributed by atoms with Gasteiger partial charge in [-0.2, -0.15) is 4.31 Å². The maximum Gasteiger partial charge on any atom is 0.272 e. The molecule has 7 nitrogen and oxygen atoms in total. The fourth-order valence-corrected chi connectivity index (χ4v) is 6.28. The number of benzene rings is 1. The first kappa shape index (κ1) is 19.5. The van der Waals surface area contributed by atoms with E-state index in [1.165, 1.54) is 0 Å². The molecule has 1 aromatic heterocycles. The molecule has 0 bridgehead atoms. The molecule has 0 spiro atoms. The number of sulfonamides is 1. The number of carbonyl (C=O) groups excluding carboxylic acids is 1. The van der Waals surface area contributed by atoms with Crippen molar-refractivity contribution in [3.8, 4) is 5.75 Å². The van der Waals surface area contributed by atoms with Gasteiger partial charge in [-0.05, 0) is 49.4 Å². The molecule has 1 aliphatic carbocycles. The Kier molecular flexibility index (Phi) is 4.99. The van der Waals surface area contributed by atoms with Gasteiger partial charge in [0, 0.05) is 32.3 Å². The molecule has 158 valence electrons. The Morgan fingerprint density at radius 2 is 1.80 bits per heavy atom. The van der Waals surface area contributed by atoms with Crippen molar-refractivity contribution in [2.45, 2.75) is 42.7 Å². The second-order valence-corrected chi connectivity index (χ2v) is 10.1. The number of fused-ring (bicyclic) bond motifs is 2. The molecule has 1 aromatic carbocycles. The lowest BCUT2D eigenvalue weighted by Crippen LogP contribution is -2.48. The number of nitrogens with zero attached hydrogens (tertiary/aromatic N) is 3. The molecular weight excluding hydrogens is 402 g/mol. The Bertz CT molecular complexity index is 1040. The maximum atomic E-state index is 13.5. The number of ether oxygens (including phenoxy) is 1. The molecule has 2 fully saturated rings. The Balaban J connectivity index is 1.46. The minimum Gasteiger partial charge on any atom is -0.487 e. The van der Waals surface area contributed by atoms with Gasteiger partial charge < -0.3 is 9.64 Å². The molecule has 8 heteroatoms. The molecule has 1 amide bonds. The number of hydrogen-bond donors (Lipinski definition) is 0. The van der Waals surface area contributed by atoms with Crippen LogP contribution in [0.4, 0.5) is 0 Å². The van der Waals surface area contributed by atoms with Crippen LogP contribution in [0.2, 0.25) is 0 Å². The van der Waals surface area contributed by atoms with Crippen LogP contribution < -0.4 is 4.74 Å². The van der Waals surface area contributed by atoms with Crippen LogP contribution in [0.3, 0.4) is 0 Å². The molecule has 2 atom stereocenters. The quantitative estimate of drug-likeness (QED) is 0.752. The average molecular weight is 428 g/mol. The number of aromatic nitrogens is 1. The highest BCUT2D eigenvalue weighted by molar-refractivity contribution is 7.89. The second kappa shape index (κ2) is 7.67. The summed E-state index contributed by atoms with van der Waals surface area (Å²) < 4.78 is 35.0. The molecule has 3 aliphatic rings. The van der Waals surface area contributed by atoms with Gasteiger partial charge in [0.05, 0.1) is 6.04 Å². The topological polar surface area (TPSA) is 79.8 Å². The van der Waals surface area contributed by atoms with E-state index in [2.05, 4.69) is 4.98 Å². The molecule has 2 aliphatic heterocycles. The standard InChI is InChI=1S/C22H25N3O4S/c26-22(17-5-3-4-12-23-17)24-13-10-18-19(11-14-24)29-20-6-1-2-7-21(20)30(27,28)25(18)15-16-8-9-16/h1-7,12,16,18-19H,8-11,13-15H2/t18-,19-/m0/s1. The van der Waals surface area contributed by atoms with Crippen molar-refractivity contribution in [2.24, 2.45) is 5.92 Å². The fourth-order valence-electron chi connectivity index (χ4n) is 4.40. The first-order chi connectivity index (χ1) is 14.5. The van der Waals surface area contributed by atoms with E-state index < -0.39 is 10.0 Å². The van der Waals surface area contributed by atoms with Crippen molar-refractivity contribution >= 4 is 15.9 Å². The molecular formula is C22H25N3O4S. The molecule has 0 unspecified atom stereocenters. The summed E-state index contributed by atoms with van der Waals surface area (Å²) in [4.78, 5) is 19.1. The van der Waals surface area contributed by atoms with E-state index in [0.29, 0.717) is 49.8 Å². The van der Waals surface area contributed by atoms with Crippen molar-refractivity contribution in [2.75, 3.05) is 19.6 Å². The second-order valence-electron chi connectivity index (χ2n) is 8.27. The molecule has 2 aromatic rings. The van der Waals surface area contributed by atoms with Crippen molar-refractivity contribution in [3.05, 3.63) is 54.4 Å². The lowest BCUT2D eigenvalue weighted by Gasteiger charge is -2.31. The Morgan fingerprint density at radius 3 is 2.57 bits per heavy atom. The van der Waals surface area contributed by atoms with Crippen molar-refractivity contribution in [1.29, 1.82) is 0 Å². The lowest BCUT2D eigenvalue weighted by atomic mass is 10.1. The van der Waals surface area contributed by atoms with Crippen molar-refractivity contribution in [3.63, 3.8) is 0 Å². The third-order valence-corrected chi connectivity index (χ3v) is 8.13. The number of para-hydroxylation sites is 1. The van der Waals surface area contributed by atoms with E-state index in [4.69, 9.17) is 4.74 Å². The highest BCUT2D eigenvalue weighted by Gasteiger charge is 2.45. The molecule has 3 heterocycles. The van der Waals surface area contributed by atoms with Crippen LogP contribution in [0, 0.1) is 5.92 Å². The molecule has 5 rings (SSSR count). The summed E-state index contributed by atoms with van der Waals surface area (Å²) in [6.45, 7) is 1.51. The van der Waals surface area contributed by atoms with E-state index in [1.54, 1.807) is 57.9 Å². The van der Waals surface area contributed by atoms with Crippen molar-refractivity contribution in [1.82, 2.24) is 14.2 Å². The van der Waals surface area contributed by atoms with Crippen LogP contribution in [-0.4, -0.2) is 60.3 Å². The van der Waals surface area contributed by atoms with Gasteiger partial charge in [0.1, 0.15) is 22.4 Å². The van der Waals surface area contributed by atoms with Gasteiger partial charge in [-0.25, -0.2) is 8.42 Å². The Morgan fingerprint density at radius 1 is 1.03 bits per heavy atom. The third kappa shape index (κ3) is 3.58. The zero-order valence-corrected chi connectivity index (χ0v) is 17.5. The van der Waals surface area contributed by atoms with Gasteiger partial charge in [0.15, 0.2) is 0 Å². The van der Waals surface area contributed by atoms with E-state index in [9.17, 15) is 13.2 Å². The molecule has 30 heavy (non-hydrogen) atoms. The summed E-state index contributed by atoms with van der Waals surface area (Å²) in [7, 11) is -3.66. The predicted molar refractivity (Wildman–Crippen MR) is 111 cm³/mol. The Labute approximate surface area is 176 Å². The molecule has 0 radical (unpaired) electrons. The third-order valence-electron chi connectivity index (χ3n) is 6.20. The Hall–Kier alpha value is -2.45. The predicted octanol–water partition coefficient (Wildman–Crippen LogP) is 2.55. The highest BCUT2D eigenvalue weighted by Crippen LogP contribution is 2.39. The van der Waals surface area contributed by atoms with E-state index in [-0.39, 0.29) is 22.9 Å². The zero-order valence-electron chi connectivity index (χ0n) is 16.7. The van der Waals surface area contributed by atoms with Crippen molar-refractivity contribution < 1.29 is 17.9 Å². The first-order valence-electron chi connectivity index (χ1n) is 10.5. The average Bonchev–Trinajstić information content (AvgIpc) is 3.60. The number of pyridine rings is 1. The highest BCUT2D eigenvalue weighted by atomic mass is 32.2. The molecule has 0 N–H and O–H groups in total. The number of hydrogen-bond acceptors (Lipinski definition) is 5. The normalized spacial score (nSPS) is 25.9. The van der Waals surface area contributed by atoms with Crippen LogP contribution >= 0.6 is 0 Å². The van der Waals surface area contributed by atoms with Gasteiger partial charge >= 0.3 is 0 Å². The number of rotatable bonds is 3. The number of likely N-dealkylation sites (tertiary alicyclic amines) is 1. The summed E-state index contributed by atoms with van der Waals surface area (Å²) in [6, 6.07) is 11.9. The van der Waals surface area contributed by atoms with Gasteiger partial charge in [-0.15, -0.1) is 0 Å². The molecule has 1 saturated carbocycles. The van der Waals surface area contributed by atoms with Crippen LogP contribution in [0.1, 0.15) is 36.2 Å². The zero-order chi connectivity index (χ0) is 20.7. The molecule has 1 saturated heterocycles. The lowest BCUT2D eigenvalue weighted by molar-refractivity contribution is 0.0749. The van der Waals surface area contributed by atoms with Gasteiger partial charge in [-0.1, -0.05) is 18.2 Å². The first-order valence-corrected chi connectivity index (χ1v) is 12.0. The summed E-state index contributed by atoms with van der Waals surface area (Å²) in [5.41, 5.74) is 0.410. The largest absolute Gasteiger partial charge is 0.487 e. The monoisotopic (exact) mass is 427 g/mol. The van der Waals surface area contributed by atoms with E-state index in [0.717, 1.165) is 12.8 Å². The summed E-state index contributed by atoms with van der Waals surface area (Å²) >= 11 is 0. The van der Waals surface area contributed by atoms with Crippen LogP contribution in [0.5, 0.6) is 5.75 Å². The van der Waals surface area contributed by atoms with Gasteiger partial charge in [0.2, 0.25) is 10.0 Å². The van der Waals surface area contributed by atoms with E-state index in [1.807, 2.05) is 0 Å².